The van der Waals surface area contributed by atoms with E-state index in [0.717, 1.165) is 11.1 Å². The third-order valence-electron chi connectivity index (χ3n) is 5.38. The Kier molecular flexibility index (Phi) is 6.58. The number of fused-ring (bicyclic) bond motifs is 1. The van der Waals surface area contributed by atoms with Crippen LogP contribution in [-0.2, 0) is 33.3 Å². The molecule has 1 fully saturated rings. The molecule has 2 heterocycles. The standard InChI is InChI=1S/C22H26O8/c1-11-5-6-16(28-14(4)23)12(2)8-18-20(13(3)21(25)29-18)17(7-11)30-22(26)15-9-19(24)27-10-15/h5,8-9,16-20,24H,3,6-7,10H2,1-2,4H3/b11-5+,12-8-/t16-,17+,18+,19-,20+/m0/s1. The number of hydrogen-bond donors (Lipinski definition) is 1. The van der Waals surface area contributed by atoms with Gasteiger partial charge in [-0.05, 0) is 31.6 Å². The van der Waals surface area contributed by atoms with Crippen molar-refractivity contribution in [2.75, 3.05) is 6.61 Å². The van der Waals surface area contributed by atoms with Gasteiger partial charge in [0, 0.05) is 25.3 Å². The van der Waals surface area contributed by atoms with Gasteiger partial charge in [-0.25, -0.2) is 9.59 Å². The molecule has 1 aliphatic carbocycles. The average molecular weight is 418 g/mol. The summed E-state index contributed by atoms with van der Waals surface area (Å²) >= 11 is 0. The molecule has 3 rings (SSSR count). The minimum Gasteiger partial charge on any atom is -0.458 e. The van der Waals surface area contributed by atoms with Gasteiger partial charge in [0.2, 0.25) is 0 Å². The van der Waals surface area contributed by atoms with Crippen molar-refractivity contribution in [1.29, 1.82) is 0 Å². The lowest BCUT2D eigenvalue weighted by molar-refractivity contribution is -0.148. The Hall–Kier alpha value is -2.71. The van der Waals surface area contributed by atoms with Gasteiger partial charge in [-0.15, -0.1) is 0 Å². The van der Waals surface area contributed by atoms with Crippen LogP contribution in [0.3, 0.4) is 0 Å². The summed E-state index contributed by atoms with van der Waals surface area (Å²) in [5, 5.41) is 9.45. The summed E-state index contributed by atoms with van der Waals surface area (Å²) in [7, 11) is 0. The molecule has 1 saturated heterocycles. The van der Waals surface area contributed by atoms with E-state index in [9.17, 15) is 19.5 Å². The summed E-state index contributed by atoms with van der Waals surface area (Å²) in [6.45, 7) is 8.83. The lowest BCUT2D eigenvalue weighted by Crippen LogP contribution is -2.34. The van der Waals surface area contributed by atoms with Crippen molar-refractivity contribution in [2.45, 2.75) is 58.2 Å². The number of esters is 3. The molecule has 0 aromatic rings. The van der Waals surface area contributed by atoms with Crippen molar-refractivity contribution in [3.8, 4) is 0 Å². The molecule has 30 heavy (non-hydrogen) atoms. The second kappa shape index (κ2) is 8.97. The van der Waals surface area contributed by atoms with Crippen molar-refractivity contribution < 1.29 is 38.4 Å². The average Bonchev–Trinajstić information content (AvgIpc) is 3.21. The van der Waals surface area contributed by atoms with Crippen LogP contribution < -0.4 is 0 Å². The maximum absolute atomic E-state index is 12.6. The van der Waals surface area contributed by atoms with E-state index in [0.29, 0.717) is 12.8 Å². The molecule has 0 aromatic carbocycles. The van der Waals surface area contributed by atoms with E-state index >= 15 is 0 Å². The topological polar surface area (TPSA) is 108 Å². The lowest BCUT2D eigenvalue weighted by atomic mass is 9.85. The second-order valence-electron chi connectivity index (χ2n) is 7.76. The first kappa shape index (κ1) is 22.0. The fraction of sp³-hybridized carbons (Fsp3) is 0.500. The zero-order chi connectivity index (χ0) is 22.0. The molecule has 0 bridgehead atoms. The van der Waals surface area contributed by atoms with Crippen LogP contribution in [-0.4, -0.2) is 54.2 Å². The first-order valence-electron chi connectivity index (χ1n) is 9.78. The number of carbonyl (C=O) groups excluding carboxylic acids is 3. The summed E-state index contributed by atoms with van der Waals surface area (Å²) in [6, 6.07) is 0. The number of aliphatic hydroxyl groups excluding tert-OH is 1. The van der Waals surface area contributed by atoms with Crippen LogP contribution in [0, 0.1) is 5.92 Å². The number of ether oxygens (including phenoxy) is 4. The quantitative estimate of drug-likeness (QED) is 0.320. The minimum absolute atomic E-state index is 0.0465. The molecule has 0 unspecified atom stereocenters. The van der Waals surface area contributed by atoms with Gasteiger partial charge >= 0.3 is 17.9 Å². The predicted molar refractivity (Wildman–Crippen MR) is 105 cm³/mol. The third-order valence-corrected chi connectivity index (χ3v) is 5.38. The van der Waals surface area contributed by atoms with E-state index < -0.39 is 48.4 Å². The van der Waals surface area contributed by atoms with Crippen molar-refractivity contribution in [2.24, 2.45) is 5.92 Å². The molecule has 3 aliphatic rings. The molecule has 0 amide bonds. The first-order chi connectivity index (χ1) is 14.2. The van der Waals surface area contributed by atoms with Gasteiger partial charge in [-0.3, -0.25) is 4.79 Å². The Balaban J connectivity index is 1.92. The van der Waals surface area contributed by atoms with Gasteiger partial charge in [0.15, 0.2) is 6.29 Å². The summed E-state index contributed by atoms with van der Waals surface area (Å²) < 4.78 is 21.6. The highest BCUT2D eigenvalue weighted by Crippen LogP contribution is 2.37. The SMILES string of the molecule is C=C1C(=O)O[C@@H]2/C=C(/C)[C@@H](OC(C)=O)C/C=C(\C)C[C@@H](OC(=O)C3=C[C@@H](O)OC3)[C@@H]12. The number of carbonyl (C=O) groups is 3. The van der Waals surface area contributed by atoms with Crippen molar-refractivity contribution in [3.05, 3.63) is 47.1 Å². The largest absolute Gasteiger partial charge is 0.458 e. The number of rotatable bonds is 3. The van der Waals surface area contributed by atoms with E-state index in [1.165, 1.54) is 13.0 Å². The zero-order valence-electron chi connectivity index (χ0n) is 17.3. The Morgan fingerprint density at radius 2 is 1.97 bits per heavy atom. The van der Waals surface area contributed by atoms with Crippen LogP contribution >= 0.6 is 0 Å². The van der Waals surface area contributed by atoms with Gasteiger partial charge in [-0.1, -0.05) is 18.2 Å². The van der Waals surface area contributed by atoms with E-state index in [1.54, 1.807) is 13.0 Å². The van der Waals surface area contributed by atoms with E-state index in [-0.39, 0.29) is 17.8 Å². The molecule has 8 nitrogen and oxygen atoms in total. The van der Waals surface area contributed by atoms with Crippen molar-refractivity contribution in [1.82, 2.24) is 0 Å². The smallest absolute Gasteiger partial charge is 0.336 e. The van der Waals surface area contributed by atoms with Gasteiger partial charge in [0.05, 0.1) is 18.1 Å². The van der Waals surface area contributed by atoms with Crippen molar-refractivity contribution >= 4 is 17.9 Å². The second-order valence-corrected chi connectivity index (χ2v) is 7.76. The summed E-state index contributed by atoms with van der Waals surface area (Å²) in [6.07, 6.45) is 2.72. The molecule has 5 atom stereocenters. The Labute approximate surface area is 174 Å². The highest BCUT2D eigenvalue weighted by molar-refractivity contribution is 5.92. The monoisotopic (exact) mass is 418 g/mol. The summed E-state index contributed by atoms with van der Waals surface area (Å²) in [5.41, 5.74) is 2.07. The van der Waals surface area contributed by atoms with Gasteiger partial charge in [-0.2, -0.15) is 0 Å². The van der Waals surface area contributed by atoms with Crippen LogP contribution in [0.2, 0.25) is 0 Å². The van der Waals surface area contributed by atoms with Gasteiger partial charge in [0.25, 0.3) is 0 Å². The fourth-order valence-electron chi connectivity index (χ4n) is 3.81. The molecule has 2 aliphatic heterocycles. The van der Waals surface area contributed by atoms with Gasteiger partial charge < -0.3 is 24.1 Å². The molecule has 162 valence electrons. The summed E-state index contributed by atoms with van der Waals surface area (Å²) in [5.74, 6) is -2.17. The van der Waals surface area contributed by atoms with Crippen molar-refractivity contribution in [3.63, 3.8) is 0 Å². The molecule has 1 N–H and O–H groups in total. The normalized spacial score (nSPS) is 35.2. The Bertz CT molecular complexity index is 849. The maximum Gasteiger partial charge on any atom is 0.336 e. The fourth-order valence-corrected chi connectivity index (χ4v) is 3.81. The summed E-state index contributed by atoms with van der Waals surface area (Å²) in [4.78, 5) is 36.3. The van der Waals surface area contributed by atoms with Crippen LogP contribution in [0.15, 0.2) is 47.1 Å². The molecule has 0 radical (unpaired) electrons. The number of aliphatic hydroxyl groups is 1. The predicted octanol–water partition coefficient (Wildman–Crippen LogP) is 1.89. The van der Waals surface area contributed by atoms with Gasteiger partial charge in [0.1, 0.15) is 18.3 Å². The molecular formula is C22H26O8. The first-order valence-corrected chi connectivity index (χ1v) is 9.78. The third kappa shape index (κ3) is 4.88. The van der Waals surface area contributed by atoms with E-state index in [4.69, 9.17) is 18.9 Å². The highest BCUT2D eigenvalue weighted by Gasteiger charge is 2.45. The molecule has 0 aromatic heterocycles. The Morgan fingerprint density at radius 1 is 1.23 bits per heavy atom. The molecule has 0 spiro atoms. The highest BCUT2D eigenvalue weighted by atomic mass is 16.6. The number of hydrogen-bond acceptors (Lipinski definition) is 8. The zero-order valence-corrected chi connectivity index (χ0v) is 17.3. The maximum atomic E-state index is 12.6. The lowest BCUT2D eigenvalue weighted by Gasteiger charge is -2.28. The van der Waals surface area contributed by atoms with E-state index in [1.807, 2.05) is 13.0 Å². The van der Waals surface area contributed by atoms with Crippen LogP contribution in [0.1, 0.15) is 33.6 Å². The molecule has 8 heteroatoms. The van der Waals surface area contributed by atoms with E-state index in [2.05, 4.69) is 6.58 Å². The van der Waals surface area contributed by atoms with Crippen LogP contribution in [0.4, 0.5) is 0 Å². The Morgan fingerprint density at radius 3 is 2.60 bits per heavy atom. The van der Waals surface area contributed by atoms with Crippen LogP contribution in [0.5, 0.6) is 0 Å². The minimum atomic E-state index is -1.14. The molecule has 0 saturated carbocycles. The molecular weight excluding hydrogens is 392 g/mol. The van der Waals surface area contributed by atoms with Crippen LogP contribution in [0.25, 0.3) is 0 Å².